The van der Waals surface area contributed by atoms with Gasteiger partial charge in [0.25, 0.3) is 5.69 Å². The number of hydrogen-bond donors (Lipinski definition) is 0. The lowest BCUT2D eigenvalue weighted by atomic mass is 10.1. The second-order valence-electron chi connectivity index (χ2n) is 4.96. The molecule has 0 N–H and O–H groups in total. The van der Waals surface area contributed by atoms with Crippen LogP contribution in [0.5, 0.6) is 0 Å². The van der Waals surface area contributed by atoms with E-state index < -0.39 is 4.92 Å². The third-order valence-electron chi connectivity index (χ3n) is 3.28. The molecule has 2 aromatic carbocycles. The molecule has 0 saturated heterocycles. The van der Waals surface area contributed by atoms with Gasteiger partial charge in [0.15, 0.2) is 6.29 Å². The van der Waals surface area contributed by atoms with Crippen molar-refractivity contribution < 1.29 is 9.72 Å². The Hall–Kier alpha value is -2.69. The molecule has 0 atom stereocenters. The fourth-order valence-electron chi connectivity index (χ4n) is 2.22. The van der Waals surface area contributed by atoms with E-state index in [0.29, 0.717) is 12.8 Å². The molecule has 0 amide bonds. The number of aryl methyl sites for hydroxylation is 1. The van der Waals surface area contributed by atoms with Crippen molar-refractivity contribution >= 4 is 17.7 Å². The number of aldehydes is 1. The highest BCUT2D eigenvalue weighted by molar-refractivity contribution is 5.83. The first-order chi connectivity index (χ1) is 10.0. The molecule has 0 fully saturated rings. The van der Waals surface area contributed by atoms with Gasteiger partial charge in [-0.05, 0) is 24.6 Å². The largest absolute Gasteiger partial charge is 0.370 e. The van der Waals surface area contributed by atoms with Crippen LogP contribution in [-0.4, -0.2) is 18.3 Å². The Bertz CT molecular complexity index is 683. The van der Waals surface area contributed by atoms with Gasteiger partial charge in [0.05, 0.1) is 10.5 Å². The number of nitrogens with zero attached hydrogens (tertiary/aromatic N) is 2. The van der Waals surface area contributed by atoms with E-state index >= 15 is 0 Å². The number of anilines is 1. The fourth-order valence-corrected chi connectivity index (χ4v) is 2.22. The summed E-state index contributed by atoms with van der Waals surface area (Å²) in [4.78, 5) is 23.2. The zero-order valence-electron chi connectivity index (χ0n) is 11.9. The van der Waals surface area contributed by atoms with Crippen LogP contribution in [0.4, 0.5) is 11.4 Å². The molecule has 0 aliphatic heterocycles. The van der Waals surface area contributed by atoms with Gasteiger partial charge in [-0.15, -0.1) is 0 Å². The van der Waals surface area contributed by atoms with Crippen LogP contribution >= 0.6 is 0 Å². The highest BCUT2D eigenvalue weighted by Gasteiger charge is 2.14. The van der Waals surface area contributed by atoms with Crippen LogP contribution in [0.3, 0.4) is 0 Å². The number of nitro groups is 1. The molecular weight excluding hydrogens is 268 g/mol. The van der Waals surface area contributed by atoms with Crippen LogP contribution in [0.2, 0.25) is 0 Å². The molecule has 21 heavy (non-hydrogen) atoms. The predicted octanol–water partition coefficient (Wildman–Crippen LogP) is 3.35. The maximum Gasteiger partial charge on any atom is 0.280 e. The molecule has 0 saturated carbocycles. The van der Waals surface area contributed by atoms with Gasteiger partial charge in [-0.1, -0.05) is 29.8 Å². The van der Waals surface area contributed by atoms with Crippen LogP contribution in [0, 0.1) is 17.0 Å². The molecule has 0 unspecified atom stereocenters. The quantitative estimate of drug-likeness (QED) is 0.480. The Morgan fingerprint density at radius 1 is 1.24 bits per heavy atom. The van der Waals surface area contributed by atoms with Crippen LogP contribution in [0.15, 0.2) is 42.5 Å². The Labute approximate surface area is 123 Å². The van der Waals surface area contributed by atoms with Gasteiger partial charge < -0.3 is 4.90 Å². The summed E-state index contributed by atoms with van der Waals surface area (Å²) < 4.78 is 0. The third-order valence-corrected chi connectivity index (χ3v) is 3.28. The van der Waals surface area contributed by atoms with E-state index in [1.165, 1.54) is 11.6 Å². The van der Waals surface area contributed by atoms with Crippen molar-refractivity contribution in [3.05, 3.63) is 69.3 Å². The Balaban J connectivity index is 2.25. The van der Waals surface area contributed by atoms with E-state index in [1.807, 2.05) is 37.1 Å². The van der Waals surface area contributed by atoms with E-state index in [1.54, 1.807) is 12.1 Å². The molecule has 0 heterocycles. The van der Waals surface area contributed by atoms with Gasteiger partial charge in [0.1, 0.15) is 0 Å². The average molecular weight is 284 g/mol. The summed E-state index contributed by atoms with van der Waals surface area (Å²) in [5, 5.41) is 10.8. The van der Waals surface area contributed by atoms with E-state index in [-0.39, 0.29) is 11.3 Å². The summed E-state index contributed by atoms with van der Waals surface area (Å²) in [7, 11) is 1.89. The minimum absolute atomic E-state index is 0.0913. The molecule has 0 radical (unpaired) electrons. The van der Waals surface area contributed by atoms with Gasteiger partial charge in [0, 0.05) is 25.3 Å². The molecule has 5 nitrogen and oxygen atoms in total. The first kappa shape index (κ1) is 14.7. The first-order valence-corrected chi connectivity index (χ1v) is 6.51. The Morgan fingerprint density at radius 2 is 2.00 bits per heavy atom. The molecule has 0 aliphatic rings. The minimum Gasteiger partial charge on any atom is -0.370 e. The number of nitro benzene ring substituents is 1. The zero-order valence-corrected chi connectivity index (χ0v) is 11.9. The molecular formula is C16H16N2O3. The standard InChI is InChI=1S/C16H16N2O3/c1-12-4-3-5-13(8-12)10-17(2)15-6-7-16(18(20)21)14(9-15)11-19/h3-9,11H,10H2,1-2H3. The maximum absolute atomic E-state index is 11.0. The van der Waals surface area contributed by atoms with Crippen molar-refractivity contribution in [2.75, 3.05) is 11.9 Å². The molecule has 5 heteroatoms. The zero-order chi connectivity index (χ0) is 15.4. The maximum atomic E-state index is 11.0. The van der Waals surface area contributed by atoms with E-state index in [9.17, 15) is 14.9 Å². The Morgan fingerprint density at radius 3 is 2.62 bits per heavy atom. The van der Waals surface area contributed by atoms with Crippen molar-refractivity contribution in [2.45, 2.75) is 13.5 Å². The number of carbonyl (C=O) groups excluding carboxylic acids is 1. The van der Waals surface area contributed by atoms with Crippen LogP contribution in [0.25, 0.3) is 0 Å². The molecule has 0 spiro atoms. The number of rotatable bonds is 5. The fraction of sp³-hybridized carbons (Fsp3) is 0.188. The lowest BCUT2D eigenvalue weighted by Crippen LogP contribution is -2.16. The molecule has 108 valence electrons. The van der Waals surface area contributed by atoms with E-state index in [0.717, 1.165) is 11.3 Å². The van der Waals surface area contributed by atoms with Gasteiger partial charge in [-0.2, -0.15) is 0 Å². The second kappa shape index (κ2) is 6.17. The second-order valence-corrected chi connectivity index (χ2v) is 4.96. The van der Waals surface area contributed by atoms with Crippen LogP contribution < -0.4 is 4.90 Å². The van der Waals surface area contributed by atoms with Crippen LogP contribution in [0.1, 0.15) is 21.5 Å². The third kappa shape index (κ3) is 3.45. The van der Waals surface area contributed by atoms with Gasteiger partial charge in [-0.3, -0.25) is 14.9 Å². The predicted molar refractivity (Wildman–Crippen MR) is 81.8 cm³/mol. The first-order valence-electron chi connectivity index (χ1n) is 6.51. The summed E-state index contributed by atoms with van der Waals surface area (Å²) in [6.45, 7) is 2.69. The Kier molecular flexibility index (Phi) is 4.33. The lowest BCUT2D eigenvalue weighted by molar-refractivity contribution is -0.385. The highest BCUT2D eigenvalue weighted by atomic mass is 16.6. The summed E-state index contributed by atoms with van der Waals surface area (Å²) in [6, 6.07) is 12.7. The molecule has 0 aliphatic carbocycles. The van der Waals surface area contributed by atoms with Crippen molar-refractivity contribution in [1.82, 2.24) is 0 Å². The SMILES string of the molecule is Cc1cccc(CN(C)c2ccc([N+](=O)[O-])c(C=O)c2)c1. The van der Waals surface area contributed by atoms with Crippen molar-refractivity contribution in [3.63, 3.8) is 0 Å². The smallest absolute Gasteiger partial charge is 0.280 e. The summed E-state index contributed by atoms with van der Waals surface area (Å²) in [6.07, 6.45) is 0.516. The average Bonchev–Trinajstić information content (AvgIpc) is 2.46. The molecule has 2 aromatic rings. The van der Waals surface area contributed by atoms with Crippen molar-refractivity contribution in [3.8, 4) is 0 Å². The number of carbonyl (C=O) groups is 1. The summed E-state index contributed by atoms with van der Waals surface area (Å²) >= 11 is 0. The molecule has 0 aromatic heterocycles. The van der Waals surface area contributed by atoms with Gasteiger partial charge in [-0.25, -0.2) is 0 Å². The van der Waals surface area contributed by atoms with E-state index in [2.05, 4.69) is 6.07 Å². The highest BCUT2D eigenvalue weighted by Crippen LogP contribution is 2.24. The van der Waals surface area contributed by atoms with Gasteiger partial charge >= 0.3 is 0 Å². The minimum atomic E-state index is -0.548. The van der Waals surface area contributed by atoms with Gasteiger partial charge in [0.2, 0.25) is 0 Å². The van der Waals surface area contributed by atoms with Crippen molar-refractivity contribution in [1.29, 1.82) is 0 Å². The summed E-state index contributed by atoms with van der Waals surface area (Å²) in [5.41, 5.74) is 3.01. The normalized spacial score (nSPS) is 10.2. The van der Waals surface area contributed by atoms with E-state index in [4.69, 9.17) is 0 Å². The summed E-state index contributed by atoms with van der Waals surface area (Å²) in [5.74, 6) is 0. The topological polar surface area (TPSA) is 63.4 Å². The van der Waals surface area contributed by atoms with Crippen molar-refractivity contribution in [2.24, 2.45) is 0 Å². The van der Waals surface area contributed by atoms with Crippen LogP contribution in [-0.2, 0) is 6.54 Å². The molecule has 0 bridgehead atoms. The molecule has 2 rings (SSSR count). The number of hydrogen-bond acceptors (Lipinski definition) is 4. The monoisotopic (exact) mass is 284 g/mol. The number of benzene rings is 2. The lowest BCUT2D eigenvalue weighted by Gasteiger charge is -2.20.